The maximum absolute atomic E-state index is 13.7. The second kappa shape index (κ2) is 6.75. The zero-order valence-corrected chi connectivity index (χ0v) is 15.3. The molecule has 150 valence electrons. The molecule has 1 aromatic carbocycles. The van der Waals surface area contributed by atoms with Gasteiger partial charge in [0.25, 0.3) is 0 Å². The van der Waals surface area contributed by atoms with Crippen molar-refractivity contribution in [3.05, 3.63) is 76.0 Å². The van der Waals surface area contributed by atoms with Gasteiger partial charge in [0.2, 0.25) is 0 Å². The van der Waals surface area contributed by atoms with Gasteiger partial charge in [0.05, 0.1) is 18.3 Å². The van der Waals surface area contributed by atoms with E-state index in [4.69, 9.17) is 4.74 Å². The molecule has 5 rings (SSSR count). The van der Waals surface area contributed by atoms with E-state index < -0.39 is 23.5 Å². The summed E-state index contributed by atoms with van der Waals surface area (Å²) in [6.07, 6.45) is 4.50. The molecule has 2 aromatic heterocycles. The van der Waals surface area contributed by atoms with Gasteiger partial charge >= 0.3 is 5.69 Å². The first kappa shape index (κ1) is 18.0. The van der Waals surface area contributed by atoms with E-state index in [1.165, 1.54) is 33.6 Å². The molecule has 0 spiro atoms. The maximum Gasteiger partial charge on any atom is 0.346 e. The van der Waals surface area contributed by atoms with E-state index in [-0.39, 0.29) is 23.6 Å². The topological polar surface area (TPSA) is 61.9 Å². The van der Waals surface area contributed by atoms with Crippen LogP contribution in [0.15, 0.2) is 41.5 Å². The Balaban J connectivity index is 1.34. The Morgan fingerprint density at radius 1 is 1.10 bits per heavy atom. The molecule has 2 aliphatic rings. The Morgan fingerprint density at radius 3 is 2.59 bits per heavy atom. The van der Waals surface area contributed by atoms with Gasteiger partial charge in [0.1, 0.15) is 23.6 Å². The number of ether oxygens (including phenoxy) is 1. The number of nitrogens with zero attached hydrogens (tertiary/aromatic N) is 4. The van der Waals surface area contributed by atoms with Crippen molar-refractivity contribution in [1.82, 2.24) is 19.3 Å². The van der Waals surface area contributed by atoms with Crippen molar-refractivity contribution in [1.29, 1.82) is 0 Å². The highest BCUT2D eigenvalue weighted by molar-refractivity contribution is 5.25. The predicted octanol–water partition coefficient (Wildman–Crippen LogP) is 3.18. The van der Waals surface area contributed by atoms with Crippen LogP contribution in [0.5, 0.6) is 5.75 Å². The molecule has 0 unspecified atom stereocenters. The van der Waals surface area contributed by atoms with Gasteiger partial charge in [0.15, 0.2) is 11.6 Å². The first-order chi connectivity index (χ1) is 14.0. The van der Waals surface area contributed by atoms with Crippen LogP contribution in [0.3, 0.4) is 0 Å². The van der Waals surface area contributed by atoms with Crippen molar-refractivity contribution in [3.63, 3.8) is 0 Å². The highest BCUT2D eigenvalue weighted by atomic mass is 19.1. The van der Waals surface area contributed by atoms with Crippen molar-refractivity contribution in [3.8, 4) is 5.75 Å². The minimum atomic E-state index is -0.670. The third-order valence-corrected chi connectivity index (χ3v) is 5.57. The highest BCUT2D eigenvalue weighted by Gasteiger charge is 2.38. The molecule has 0 radical (unpaired) electrons. The number of rotatable bonds is 4. The van der Waals surface area contributed by atoms with Crippen LogP contribution in [0.2, 0.25) is 0 Å². The van der Waals surface area contributed by atoms with E-state index in [9.17, 15) is 18.0 Å². The number of benzene rings is 1. The van der Waals surface area contributed by atoms with Gasteiger partial charge in [0, 0.05) is 37.6 Å². The number of pyridine rings is 1. The number of aryl methyl sites for hydroxylation is 1. The summed E-state index contributed by atoms with van der Waals surface area (Å²) in [7, 11) is 0. The highest BCUT2D eigenvalue weighted by Crippen LogP contribution is 2.36. The largest absolute Gasteiger partial charge is 0.487 e. The Kier molecular flexibility index (Phi) is 4.18. The third-order valence-electron chi connectivity index (χ3n) is 5.57. The molecule has 29 heavy (non-hydrogen) atoms. The normalized spacial score (nSPS) is 22.9. The molecule has 1 atom stereocenters. The maximum atomic E-state index is 13.7. The summed E-state index contributed by atoms with van der Waals surface area (Å²) in [5, 5.41) is 4.43. The number of aromatic nitrogens is 4. The average Bonchev–Trinajstić information content (AvgIpc) is 3.19. The lowest BCUT2D eigenvalue weighted by atomic mass is 9.89. The van der Waals surface area contributed by atoms with Crippen molar-refractivity contribution in [2.45, 2.75) is 43.9 Å². The molecule has 0 amide bonds. The van der Waals surface area contributed by atoms with Crippen LogP contribution in [0.25, 0.3) is 0 Å². The van der Waals surface area contributed by atoms with Crippen molar-refractivity contribution in [2.24, 2.45) is 0 Å². The molecule has 1 aliphatic heterocycles. The van der Waals surface area contributed by atoms with Crippen LogP contribution >= 0.6 is 0 Å². The van der Waals surface area contributed by atoms with E-state index in [1.807, 2.05) is 0 Å². The van der Waals surface area contributed by atoms with Crippen molar-refractivity contribution in [2.75, 3.05) is 0 Å². The van der Waals surface area contributed by atoms with Gasteiger partial charge in [-0.1, -0.05) is 0 Å². The fraction of sp³-hybridized carbons (Fsp3) is 0.350. The summed E-state index contributed by atoms with van der Waals surface area (Å²) in [6, 6.07) is 4.19. The molecule has 1 aliphatic carbocycles. The minimum Gasteiger partial charge on any atom is -0.487 e. The second-order valence-corrected chi connectivity index (χ2v) is 7.44. The fourth-order valence-electron chi connectivity index (χ4n) is 4.11. The molecule has 0 saturated heterocycles. The monoisotopic (exact) mass is 402 g/mol. The molecule has 0 bridgehead atoms. The number of hydrogen-bond donors (Lipinski definition) is 0. The summed E-state index contributed by atoms with van der Waals surface area (Å²) in [6.45, 7) is 0. The zero-order valence-electron chi connectivity index (χ0n) is 15.3. The first-order valence-electron chi connectivity index (χ1n) is 9.41. The molecule has 9 heteroatoms. The average molecular weight is 402 g/mol. The van der Waals surface area contributed by atoms with Crippen LogP contribution in [-0.2, 0) is 6.42 Å². The van der Waals surface area contributed by atoms with E-state index in [0.717, 1.165) is 12.3 Å². The Hall–Kier alpha value is -3.10. The molecule has 3 aromatic rings. The Labute approximate surface area is 163 Å². The summed E-state index contributed by atoms with van der Waals surface area (Å²) in [5.74, 6) is -1.13. The lowest BCUT2D eigenvalue weighted by Gasteiger charge is -2.34. The SMILES string of the molecule is O=c1n(C2CC(Oc3ccncc3F)C2)nc2n1[C@H](c1cc(F)cc(F)c1)CC2. The second-order valence-electron chi connectivity index (χ2n) is 7.44. The number of hydrogen-bond acceptors (Lipinski definition) is 4. The van der Waals surface area contributed by atoms with Crippen LogP contribution in [-0.4, -0.2) is 25.4 Å². The van der Waals surface area contributed by atoms with Crippen LogP contribution in [0.1, 0.15) is 42.7 Å². The minimum absolute atomic E-state index is 0.135. The van der Waals surface area contributed by atoms with E-state index >= 15 is 0 Å². The van der Waals surface area contributed by atoms with Crippen LogP contribution < -0.4 is 10.4 Å². The Bertz CT molecular complexity index is 1120. The molecule has 6 nitrogen and oxygen atoms in total. The van der Waals surface area contributed by atoms with Gasteiger partial charge in [-0.2, -0.15) is 5.10 Å². The Morgan fingerprint density at radius 2 is 1.86 bits per heavy atom. The molecule has 1 fully saturated rings. The van der Waals surface area contributed by atoms with Gasteiger partial charge in [-0.15, -0.1) is 0 Å². The van der Waals surface area contributed by atoms with Gasteiger partial charge in [-0.3, -0.25) is 9.55 Å². The summed E-state index contributed by atoms with van der Waals surface area (Å²) >= 11 is 0. The van der Waals surface area contributed by atoms with Crippen molar-refractivity contribution >= 4 is 0 Å². The fourth-order valence-corrected chi connectivity index (χ4v) is 4.11. The number of halogens is 3. The molecular weight excluding hydrogens is 385 g/mol. The van der Waals surface area contributed by atoms with E-state index in [2.05, 4.69) is 10.1 Å². The zero-order chi connectivity index (χ0) is 20.1. The molecule has 3 heterocycles. The first-order valence-corrected chi connectivity index (χ1v) is 9.41. The number of fused-ring (bicyclic) bond motifs is 1. The summed E-state index contributed by atoms with van der Waals surface area (Å²) in [4.78, 5) is 16.6. The van der Waals surface area contributed by atoms with Crippen molar-refractivity contribution < 1.29 is 17.9 Å². The van der Waals surface area contributed by atoms with E-state index in [0.29, 0.717) is 37.1 Å². The third kappa shape index (κ3) is 3.10. The molecule has 1 saturated carbocycles. The summed E-state index contributed by atoms with van der Waals surface area (Å²) < 4.78 is 49.4. The van der Waals surface area contributed by atoms with Gasteiger partial charge < -0.3 is 4.74 Å². The smallest absolute Gasteiger partial charge is 0.346 e. The standard InChI is InChI=1S/C20H17F3N4O2/c21-12-5-11(6-13(22)7-12)17-1-2-19-25-27(20(28)26(17)19)14-8-15(9-14)29-18-3-4-24-10-16(18)23/h3-7,10,14-15,17H,1-2,8-9H2/t14?,15?,17-/m0/s1. The van der Waals surface area contributed by atoms with Crippen LogP contribution in [0, 0.1) is 17.5 Å². The van der Waals surface area contributed by atoms with Gasteiger partial charge in [-0.25, -0.2) is 22.6 Å². The quantitative estimate of drug-likeness (QED) is 0.673. The predicted molar refractivity (Wildman–Crippen MR) is 96.2 cm³/mol. The molecule has 0 N–H and O–H groups in total. The lowest BCUT2D eigenvalue weighted by molar-refractivity contribution is 0.0588. The van der Waals surface area contributed by atoms with Gasteiger partial charge in [-0.05, 0) is 24.1 Å². The van der Waals surface area contributed by atoms with E-state index in [1.54, 1.807) is 0 Å². The van der Waals surface area contributed by atoms with Crippen LogP contribution in [0.4, 0.5) is 13.2 Å². The summed E-state index contributed by atoms with van der Waals surface area (Å²) in [5.41, 5.74) is 0.122. The lowest BCUT2D eigenvalue weighted by Crippen LogP contribution is -2.41. The molecular formula is C20H17F3N4O2.